The first-order valence-corrected chi connectivity index (χ1v) is 9.77. The van der Waals surface area contributed by atoms with Crippen LogP contribution in [0, 0.1) is 0 Å². The summed E-state index contributed by atoms with van der Waals surface area (Å²) in [5.74, 6) is 0.817. The summed E-state index contributed by atoms with van der Waals surface area (Å²) in [6.45, 7) is 3.66. The number of fused-ring (bicyclic) bond motifs is 2. The number of hydrogen-bond donors (Lipinski definition) is 0. The van der Waals surface area contributed by atoms with Crippen LogP contribution >= 0.6 is 0 Å². The van der Waals surface area contributed by atoms with Crippen LogP contribution in [0.4, 0.5) is 0 Å². The molecule has 1 heteroatoms. The van der Waals surface area contributed by atoms with Crippen LogP contribution in [0.3, 0.4) is 0 Å². The van der Waals surface area contributed by atoms with Crippen molar-refractivity contribution in [2.24, 2.45) is 0 Å². The van der Waals surface area contributed by atoms with Gasteiger partial charge in [-0.25, -0.2) is 0 Å². The molecule has 0 saturated carbocycles. The molecular formula is C23H29N. The molecule has 2 aromatic rings. The van der Waals surface area contributed by atoms with Crippen LogP contribution in [0.25, 0.3) is 0 Å². The zero-order chi connectivity index (χ0) is 16.2. The molecule has 1 unspecified atom stereocenters. The Morgan fingerprint density at radius 1 is 0.833 bits per heavy atom. The van der Waals surface area contributed by atoms with Gasteiger partial charge in [-0.05, 0) is 73.2 Å². The van der Waals surface area contributed by atoms with E-state index >= 15 is 0 Å². The average Bonchev–Trinajstić information content (AvgIpc) is 2.65. The minimum absolute atomic E-state index is 0.817. The normalized spacial score (nSPS) is 20.4. The Morgan fingerprint density at radius 3 is 2.54 bits per heavy atom. The zero-order valence-electron chi connectivity index (χ0n) is 14.7. The molecule has 2 aromatic carbocycles. The van der Waals surface area contributed by atoms with Crippen LogP contribution in [0.5, 0.6) is 0 Å². The van der Waals surface area contributed by atoms with Crippen LogP contribution in [0.15, 0.2) is 48.5 Å². The van der Waals surface area contributed by atoms with E-state index in [1.807, 2.05) is 0 Å². The highest BCUT2D eigenvalue weighted by Gasteiger charge is 2.19. The third kappa shape index (κ3) is 3.57. The Morgan fingerprint density at radius 2 is 1.62 bits per heavy atom. The second kappa shape index (κ2) is 7.53. The highest BCUT2D eigenvalue weighted by atomic mass is 15.1. The van der Waals surface area contributed by atoms with E-state index in [0.717, 1.165) is 12.5 Å². The smallest absolute Gasteiger partial charge is 0.0236 e. The molecule has 0 amide bonds. The van der Waals surface area contributed by atoms with Gasteiger partial charge in [0.2, 0.25) is 0 Å². The molecule has 1 heterocycles. The summed E-state index contributed by atoms with van der Waals surface area (Å²) in [6, 6.07) is 18.1. The maximum absolute atomic E-state index is 2.65. The second-order valence-corrected chi connectivity index (χ2v) is 7.58. The lowest BCUT2D eigenvalue weighted by Gasteiger charge is -2.29. The topological polar surface area (TPSA) is 3.24 Å². The van der Waals surface area contributed by atoms with Gasteiger partial charge in [0, 0.05) is 13.1 Å². The highest BCUT2D eigenvalue weighted by Crippen LogP contribution is 2.34. The van der Waals surface area contributed by atoms with Crippen LogP contribution < -0.4 is 0 Å². The maximum atomic E-state index is 2.65. The first kappa shape index (κ1) is 15.9. The van der Waals surface area contributed by atoms with Crippen molar-refractivity contribution in [3.8, 4) is 0 Å². The average molecular weight is 319 g/mol. The molecule has 4 rings (SSSR count). The molecule has 1 atom stereocenters. The van der Waals surface area contributed by atoms with Gasteiger partial charge in [0.25, 0.3) is 0 Å². The quantitative estimate of drug-likeness (QED) is 0.673. The predicted octanol–water partition coefficient (Wildman–Crippen LogP) is 5.34. The van der Waals surface area contributed by atoms with E-state index in [1.165, 1.54) is 58.0 Å². The fourth-order valence-corrected chi connectivity index (χ4v) is 4.63. The van der Waals surface area contributed by atoms with Gasteiger partial charge < -0.3 is 0 Å². The third-order valence-corrected chi connectivity index (χ3v) is 5.98. The van der Waals surface area contributed by atoms with Crippen molar-refractivity contribution in [1.29, 1.82) is 0 Å². The van der Waals surface area contributed by atoms with E-state index in [0.29, 0.717) is 0 Å². The van der Waals surface area contributed by atoms with E-state index in [-0.39, 0.29) is 0 Å². The van der Waals surface area contributed by atoms with E-state index < -0.39 is 0 Å². The van der Waals surface area contributed by atoms with Gasteiger partial charge in [-0.2, -0.15) is 0 Å². The van der Waals surface area contributed by atoms with Crippen molar-refractivity contribution >= 4 is 0 Å². The SMILES string of the molecule is c1ccc2c(c1)CCN(CCCCC1CCCc3ccccc31)C2. The van der Waals surface area contributed by atoms with Crippen molar-refractivity contribution in [2.75, 3.05) is 13.1 Å². The predicted molar refractivity (Wildman–Crippen MR) is 101 cm³/mol. The Bertz CT molecular complexity index is 675. The summed E-state index contributed by atoms with van der Waals surface area (Å²) >= 11 is 0. The van der Waals surface area contributed by atoms with Gasteiger partial charge in [-0.15, -0.1) is 0 Å². The molecule has 126 valence electrons. The molecule has 0 spiro atoms. The van der Waals surface area contributed by atoms with Crippen molar-refractivity contribution in [3.63, 3.8) is 0 Å². The number of aryl methyl sites for hydroxylation is 1. The monoisotopic (exact) mass is 319 g/mol. The fourth-order valence-electron chi connectivity index (χ4n) is 4.63. The molecule has 0 bridgehead atoms. The Hall–Kier alpha value is -1.60. The van der Waals surface area contributed by atoms with E-state index in [2.05, 4.69) is 53.4 Å². The summed E-state index contributed by atoms with van der Waals surface area (Å²) in [4.78, 5) is 2.65. The van der Waals surface area contributed by atoms with E-state index in [1.54, 1.807) is 22.3 Å². The van der Waals surface area contributed by atoms with Crippen LogP contribution in [0.1, 0.15) is 60.3 Å². The summed E-state index contributed by atoms with van der Waals surface area (Å²) in [5.41, 5.74) is 6.37. The molecule has 1 aliphatic heterocycles. The Kier molecular flexibility index (Phi) is 4.99. The lowest BCUT2D eigenvalue weighted by atomic mass is 9.80. The van der Waals surface area contributed by atoms with Gasteiger partial charge in [0.15, 0.2) is 0 Å². The maximum Gasteiger partial charge on any atom is 0.0236 e. The van der Waals surface area contributed by atoms with Crippen molar-refractivity contribution in [3.05, 3.63) is 70.8 Å². The lowest BCUT2D eigenvalue weighted by molar-refractivity contribution is 0.247. The number of nitrogens with zero attached hydrogens (tertiary/aromatic N) is 1. The summed E-state index contributed by atoms with van der Waals surface area (Å²) in [6.07, 6.45) is 9.39. The Balaban J connectivity index is 1.25. The van der Waals surface area contributed by atoms with E-state index in [4.69, 9.17) is 0 Å². The Labute approximate surface area is 146 Å². The molecule has 24 heavy (non-hydrogen) atoms. The first-order chi connectivity index (χ1) is 11.9. The number of hydrogen-bond acceptors (Lipinski definition) is 1. The standard InChI is InChI=1S/C23H29N/c1-2-11-22-18-24(17-15-19(22)8-1)16-6-5-10-21-13-7-12-20-9-3-4-14-23(20)21/h1-4,8-9,11,14,21H,5-7,10,12-13,15-18H2. The van der Waals surface area contributed by atoms with Crippen molar-refractivity contribution < 1.29 is 0 Å². The van der Waals surface area contributed by atoms with Gasteiger partial charge in [0.05, 0.1) is 0 Å². The zero-order valence-corrected chi connectivity index (χ0v) is 14.7. The van der Waals surface area contributed by atoms with Crippen LogP contribution in [-0.2, 0) is 19.4 Å². The molecule has 0 saturated heterocycles. The first-order valence-electron chi connectivity index (χ1n) is 9.77. The molecule has 0 aromatic heterocycles. The summed E-state index contributed by atoms with van der Waals surface area (Å²) in [7, 11) is 0. The third-order valence-electron chi connectivity index (χ3n) is 5.98. The fraction of sp³-hybridized carbons (Fsp3) is 0.478. The molecule has 0 fully saturated rings. The summed E-state index contributed by atoms with van der Waals surface area (Å²) < 4.78 is 0. The molecule has 1 nitrogen and oxygen atoms in total. The van der Waals surface area contributed by atoms with Crippen LogP contribution in [0.2, 0.25) is 0 Å². The van der Waals surface area contributed by atoms with Gasteiger partial charge in [-0.3, -0.25) is 4.90 Å². The molecule has 0 radical (unpaired) electrons. The van der Waals surface area contributed by atoms with E-state index in [9.17, 15) is 0 Å². The molecular weight excluding hydrogens is 290 g/mol. The lowest BCUT2D eigenvalue weighted by Crippen LogP contribution is -2.31. The highest BCUT2D eigenvalue weighted by molar-refractivity contribution is 5.32. The largest absolute Gasteiger partial charge is 0.299 e. The van der Waals surface area contributed by atoms with Gasteiger partial charge in [0.1, 0.15) is 0 Å². The number of benzene rings is 2. The van der Waals surface area contributed by atoms with Crippen molar-refractivity contribution in [1.82, 2.24) is 4.90 Å². The molecule has 0 N–H and O–H groups in total. The number of unbranched alkanes of at least 4 members (excludes halogenated alkanes) is 1. The van der Waals surface area contributed by atoms with Gasteiger partial charge in [-0.1, -0.05) is 55.0 Å². The summed E-state index contributed by atoms with van der Waals surface area (Å²) in [5, 5.41) is 0. The minimum Gasteiger partial charge on any atom is -0.299 e. The van der Waals surface area contributed by atoms with Crippen molar-refractivity contribution in [2.45, 2.75) is 57.4 Å². The molecule has 2 aliphatic rings. The minimum atomic E-state index is 0.817. The van der Waals surface area contributed by atoms with Crippen LogP contribution in [-0.4, -0.2) is 18.0 Å². The molecule has 1 aliphatic carbocycles. The second-order valence-electron chi connectivity index (χ2n) is 7.58. The van der Waals surface area contributed by atoms with Gasteiger partial charge >= 0.3 is 0 Å². The number of rotatable bonds is 5.